The van der Waals surface area contributed by atoms with Gasteiger partial charge in [-0.05, 0) is 49.8 Å². The zero-order chi connectivity index (χ0) is 22.1. The summed E-state index contributed by atoms with van der Waals surface area (Å²) >= 11 is 0. The second-order valence-corrected chi connectivity index (χ2v) is 9.12. The number of carbonyl (C=O) groups is 3. The molecule has 0 N–H and O–H groups in total. The smallest absolute Gasteiger partial charge is 0.253 e. The highest BCUT2D eigenvalue weighted by atomic mass is 16.2. The summed E-state index contributed by atoms with van der Waals surface area (Å²) in [5, 5.41) is 3.41. The van der Waals surface area contributed by atoms with Crippen molar-refractivity contribution in [3.05, 3.63) is 71.8 Å². The van der Waals surface area contributed by atoms with Crippen LogP contribution in [0.2, 0.25) is 0 Å². The van der Waals surface area contributed by atoms with Gasteiger partial charge < -0.3 is 4.90 Å². The summed E-state index contributed by atoms with van der Waals surface area (Å²) in [6, 6.07) is 19.2. The van der Waals surface area contributed by atoms with E-state index in [2.05, 4.69) is 0 Å². The Morgan fingerprint density at radius 2 is 1.34 bits per heavy atom. The lowest BCUT2D eigenvalue weighted by Crippen LogP contribution is -2.52. The minimum absolute atomic E-state index is 0.0213. The van der Waals surface area contributed by atoms with Gasteiger partial charge in [-0.3, -0.25) is 24.4 Å². The topological polar surface area (TPSA) is 60.9 Å². The lowest BCUT2D eigenvalue weighted by Gasteiger charge is -2.36. The number of amides is 3. The molecule has 6 nitrogen and oxygen atoms in total. The molecule has 0 radical (unpaired) electrons. The molecule has 2 aliphatic heterocycles. The van der Waals surface area contributed by atoms with Gasteiger partial charge in [-0.2, -0.15) is 0 Å². The zero-order valence-corrected chi connectivity index (χ0v) is 18.3. The molecule has 5 rings (SSSR count). The normalized spacial score (nSPS) is 20.3. The number of nitrogens with zero attached hydrogens (tertiary/aromatic N) is 3. The van der Waals surface area contributed by atoms with Crippen molar-refractivity contribution in [2.75, 3.05) is 26.2 Å². The number of benzene rings is 2. The number of carbonyl (C=O) groups excluding carboxylic acids is 3. The highest BCUT2D eigenvalue weighted by Gasteiger charge is 2.55. The van der Waals surface area contributed by atoms with Crippen LogP contribution < -0.4 is 0 Å². The first-order chi connectivity index (χ1) is 15.6. The molecular weight excluding hydrogens is 402 g/mol. The predicted molar refractivity (Wildman–Crippen MR) is 120 cm³/mol. The molecule has 1 saturated carbocycles. The summed E-state index contributed by atoms with van der Waals surface area (Å²) in [6.45, 7) is 2.34. The summed E-state index contributed by atoms with van der Waals surface area (Å²) in [6.07, 6.45) is 3.77. The summed E-state index contributed by atoms with van der Waals surface area (Å²) in [5.74, 6) is -0.0270. The van der Waals surface area contributed by atoms with Gasteiger partial charge >= 0.3 is 0 Å². The molecule has 2 saturated heterocycles. The second kappa shape index (κ2) is 8.41. The van der Waals surface area contributed by atoms with Crippen molar-refractivity contribution in [2.24, 2.45) is 5.92 Å². The summed E-state index contributed by atoms with van der Waals surface area (Å²) < 4.78 is 0. The first-order valence-corrected chi connectivity index (χ1v) is 11.6. The van der Waals surface area contributed by atoms with Gasteiger partial charge in [0.15, 0.2) is 0 Å². The van der Waals surface area contributed by atoms with Crippen LogP contribution in [-0.4, -0.2) is 58.8 Å². The van der Waals surface area contributed by atoms with Gasteiger partial charge in [0.1, 0.15) is 0 Å². The summed E-state index contributed by atoms with van der Waals surface area (Å²) in [4.78, 5) is 41.4. The third-order valence-corrected chi connectivity index (χ3v) is 7.16. The minimum atomic E-state index is -0.463. The van der Waals surface area contributed by atoms with Crippen molar-refractivity contribution in [3.8, 4) is 0 Å². The summed E-state index contributed by atoms with van der Waals surface area (Å²) in [7, 11) is 0. The highest BCUT2D eigenvalue weighted by Crippen LogP contribution is 2.50. The van der Waals surface area contributed by atoms with Crippen LogP contribution in [0.4, 0.5) is 0 Å². The first kappa shape index (κ1) is 20.7. The van der Waals surface area contributed by atoms with E-state index in [-0.39, 0.29) is 23.6 Å². The van der Waals surface area contributed by atoms with Crippen molar-refractivity contribution in [1.29, 1.82) is 0 Å². The van der Waals surface area contributed by atoms with E-state index in [1.165, 1.54) is 0 Å². The molecule has 0 atom stereocenters. The molecule has 3 amide bonds. The van der Waals surface area contributed by atoms with Gasteiger partial charge in [0.05, 0.1) is 5.41 Å². The van der Waals surface area contributed by atoms with Crippen molar-refractivity contribution < 1.29 is 14.4 Å². The predicted octanol–water partition coefficient (Wildman–Crippen LogP) is 3.25. The standard InChI is InChI=1S/C26H29N3O3/c30-23(20-8-3-1-4-9-20)27-18-12-21(13-19-27)24(31)28-16-7-17-29(28)25(32)26(14-15-26)22-10-5-2-6-11-22/h1-6,8-11,21H,7,12-19H2. The van der Waals surface area contributed by atoms with E-state index in [0.29, 0.717) is 44.6 Å². The first-order valence-electron chi connectivity index (χ1n) is 11.6. The quantitative estimate of drug-likeness (QED) is 0.747. The number of hydrogen-bond donors (Lipinski definition) is 0. The van der Waals surface area contributed by atoms with Gasteiger partial charge in [0, 0.05) is 37.7 Å². The fourth-order valence-corrected chi connectivity index (χ4v) is 5.11. The van der Waals surface area contributed by atoms with E-state index in [0.717, 1.165) is 24.8 Å². The number of piperidine rings is 1. The molecule has 0 unspecified atom stereocenters. The van der Waals surface area contributed by atoms with Crippen LogP contribution in [0.15, 0.2) is 60.7 Å². The van der Waals surface area contributed by atoms with Crippen LogP contribution >= 0.6 is 0 Å². The fourth-order valence-electron chi connectivity index (χ4n) is 5.11. The van der Waals surface area contributed by atoms with Crippen molar-refractivity contribution >= 4 is 17.7 Å². The van der Waals surface area contributed by atoms with Crippen LogP contribution in [-0.2, 0) is 15.0 Å². The van der Waals surface area contributed by atoms with Crippen molar-refractivity contribution in [1.82, 2.24) is 14.9 Å². The van der Waals surface area contributed by atoms with Gasteiger partial charge in [-0.15, -0.1) is 0 Å². The van der Waals surface area contributed by atoms with Crippen molar-refractivity contribution in [2.45, 2.75) is 37.5 Å². The Bertz CT molecular complexity index is 995. The minimum Gasteiger partial charge on any atom is -0.339 e. The zero-order valence-electron chi connectivity index (χ0n) is 18.3. The van der Waals surface area contributed by atoms with Crippen LogP contribution in [0.5, 0.6) is 0 Å². The van der Waals surface area contributed by atoms with Gasteiger partial charge in [0.2, 0.25) is 5.91 Å². The number of hydrogen-bond acceptors (Lipinski definition) is 3. The fraction of sp³-hybridized carbons (Fsp3) is 0.423. The number of hydrazine groups is 1. The average Bonchev–Trinajstić information content (AvgIpc) is 3.53. The molecule has 2 aromatic rings. The Hall–Kier alpha value is -3.15. The van der Waals surface area contributed by atoms with E-state index < -0.39 is 5.41 Å². The molecule has 3 aliphatic rings. The van der Waals surface area contributed by atoms with Crippen LogP contribution in [0.3, 0.4) is 0 Å². The Morgan fingerprint density at radius 1 is 0.750 bits per heavy atom. The van der Waals surface area contributed by atoms with E-state index in [9.17, 15) is 14.4 Å². The molecule has 32 heavy (non-hydrogen) atoms. The monoisotopic (exact) mass is 431 g/mol. The molecule has 2 heterocycles. The molecule has 0 bridgehead atoms. The van der Waals surface area contributed by atoms with E-state index >= 15 is 0 Å². The molecule has 1 aliphatic carbocycles. The Kier molecular flexibility index (Phi) is 5.45. The molecule has 0 spiro atoms. The van der Waals surface area contributed by atoms with Crippen molar-refractivity contribution in [3.63, 3.8) is 0 Å². The molecule has 0 aromatic heterocycles. The molecular formula is C26H29N3O3. The number of rotatable bonds is 4. The van der Waals surface area contributed by atoms with Crippen LogP contribution in [0.1, 0.15) is 48.0 Å². The van der Waals surface area contributed by atoms with E-state index in [1.54, 1.807) is 10.0 Å². The SMILES string of the molecule is O=C(c1ccccc1)N1CCC(C(=O)N2CCCN2C(=O)C2(c3ccccc3)CC2)CC1. The maximum Gasteiger partial charge on any atom is 0.253 e. The average molecular weight is 432 g/mol. The highest BCUT2D eigenvalue weighted by molar-refractivity contribution is 5.95. The van der Waals surface area contributed by atoms with E-state index in [1.807, 2.05) is 65.6 Å². The van der Waals surface area contributed by atoms with Gasteiger partial charge in [-0.1, -0.05) is 48.5 Å². The lowest BCUT2D eigenvalue weighted by atomic mass is 9.94. The van der Waals surface area contributed by atoms with E-state index in [4.69, 9.17) is 0 Å². The lowest BCUT2D eigenvalue weighted by molar-refractivity contribution is -0.163. The largest absolute Gasteiger partial charge is 0.339 e. The molecule has 6 heteroatoms. The van der Waals surface area contributed by atoms with Gasteiger partial charge in [-0.25, -0.2) is 0 Å². The third kappa shape index (κ3) is 3.68. The summed E-state index contributed by atoms with van der Waals surface area (Å²) in [5.41, 5.74) is 1.27. The number of likely N-dealkylation sites (tertiary alicyclic amines) is 1. The molecule has 166 valence electrons. The Morgan fingerprint density at radius 3 is 1.97 bits per heavy atom. The Labute approximate surface area is 188 Å². The van der Waals surface area contributed by atoms with Crippen LogP contribution in [0.25, 0.3) is 0 Å². The Balaban J connectivity index is 1.23. The second-order valence-electron chi connectivity index (χ2n) is 9.12. The molecule has 2 aromatic carbocycles. The van der Waals surface area contributed by atoms with Crippen LogP contribution in [0, 0.1) is 5.92 Å². The van der Waals surface area contributed by atoms with Gasteiger partial charge in [0.25, 0.3) is 11.8 Å². The third-order valence-electron chi connectivity index (χ3n) is 7.16. The maximum atomic E-state index is 13.5. The maximum absolute atomic E-state index is 13.5. The molecule has 3 fully saturated rings.